The molecule has 0 radical (unpaired) electrons. The molecule has 0 unspecified atom stereocenters. The van der Waals surface area contributed by atoms with Crippen molar-refractivity contribution in [3.63, 3.8) is 0 Å². The van der Waals surface area contributed by atoms with Gasteiger partial charge in [0.2, 0.25) is 0 Å². The Kier molecular flexibility index (Phi) is 10.5. The van der Waals surface area contributed by atoms with E-state index in [2.05, 4.69) is 79.5 Å². The van der Waals surface area contributed by atoms with Crippen LogP contribution in [0.3, 0.4) is 0 Å². The maximum atomic E-state index is 11.4. The van der Waals surface area contributed by atoms with Crippen molar-refractivity contribution in [3.8, 4) is 11.5 Å². The van der Waals surface area contributed by atoms with Crippen LogP contribution in [0.4, 0.5) is 0 Å². The molecule has 3 aromatic rings. The Balaban J connectivity index is 0.00000122. The van der Waals surface area contributed by atoms with Crippen molar-refractivity contribution in [2.75, 3.05) is 0 Å². The molecular formula is C25H28Br2Cl2O2STi. The van der Waals surface area contributed by atoms with E-state index in [0.717, 1.165) is 36.1 Å². The zero-order valence-electron chi connectivity index (χ0n) is 19.4. The van der Waals surface area contributed by atoms with Gasteiger partial charge in [-0.15, -0.1) is 11.3 Å². The molecular weight excluding hydrogens is 643 g/mol. The standard InChI is InChI=1S/C25H28Br2O2S.2ClH.Ti/c1-24(2,3)18-12-14(26)10-16(22(18)28)21(20-8-7-9-30-20)17-11-15(27)13-19(23(17)29)25(4,5)6;;;/h7-13,21,28-29H,1-6H3;2*1H;/q;;;+2/p-2. The van der Waals surface area contributed by atoms with E-state index in [4.69, 9.17) is 18.6 Å². The maximum absolute atomic E-state index is 11.4. The van der Waals surface area contributed by atoms with Crippen molar-refractivity contribution < 1.29 is 27.2 Å². The van der Waals surface area contributed by atoms with Crippen LogP contribution in [0.15, 0.2) is 50.7 Å². The van der Waals surface area contributed by atoms with E-state index in [0.29, 0.717) is 0 Å². The first-order valence-corrected chi connectivity index (χ1v) is 17.0. The van der Waals surface area contributed by atoms with E-state index in [-0.39, 0.29) is 28.2 Å². The zero-order valence-corrected chi connectivity index (χ0v) is 26.5. The molecule has 178 valence electrons. The predicted molar refractivity (Wildman–Crippen MR) is 146 cm³/mol. The molecule has 3 rings (SSSR count). The molecule has 0 atom stereocenters. The molecule has 0 saturated heterocycles. The fourth-order valence-corrected chi connectivity index (χ4v) is 5.57. The molecule has 0 aliphatic carbocycles. The molecule has 1 aromatic heterocycles. The minimum atomic E-state index is -0.556. The molecule has 0 aliphatic rings. The van der Waals surface area contributed by atoms with E-state index >= 15 is 0 Å². The Morgan fingerprint density at radius 3 is 1.52 bits per heavy atom. The number of hydrogen-bond donors (Lipinski definition) is 2. The molecule has 1 heterocycles. The normalized spacial score (nSPS) is 11.8. The van der Waals surface area contributed by atoms with E-state index in [9.17, 15) is 10.2 Å². The Bertz CT molecular complexity index is 1020. The van der Waals surface area contributed by atoms with Gasteiger partial charge in [-0.05, 0) is 46.5 Å². The third-order valence-corrected chi connectivity index (χ3v) is 7.13. The number of phenolic OH excluding ortho intramolecular Hbond substituents is 2. The number of hydrogen-bond acceptors (Lipinski definition) is 3. The van der Waals surface area contributed by atoms with Crippen LogP contribution in [0.5, 0.6) is 11.5 Å². The molecule has 0 saturated carbocycles. The van der Waals surface area contributed by atoms with Crippen LogP contribution in [0.25, 0.3) is 0 Å². The fourth-order valence-electron chi connectivity index (χ4n) is 3.75. The van der Waals surface area contributed by atoms with Crippen LogP contribution in [0, 0.1) is 0 Å². The average Bonchev–Trinajstić information content (AvgIpc) is 3.20. The van der Waals surface area contributed by atoms with Crippen LogP contribution >= 0.6 is 61.8 Å². The second-order valence-electron chi connectivity index (χ2n) is 9.80. The predicted octanol–water partition coefficient (Wildman–Crippen LogP) is 9.84. The summed E-state index contributed by atoms with van der Waals surface area (Å²) in [6.07, 6.45) is 0. The zero-order chi connectivity index (χ0) is 25.1. The van der Waals surface area contributed by atoms with Crippen molar-refractivity contribution in [1.82, 2.24) is 0 Å². The van der Waals surface area contributed by atoms with Crippen LogP contribution < -0.4 is 0 Å². The van der Waals surface area contributed by atoms with Gasteiger partial charge >= 0.3 is 35.6 Å². The number of rotatable bonds is 3. The molecule has 2 nitrogen and oxygen atoms in total. The number of thiophene rings is 1. The summed E-state index contributed by atoms with van der Waals surface area (Å²) in [6.45, 7) is 12.5. The van der Waals surface area contributed by atoms with Crippen molar-refractivity contribution >= 4 is 61.8 Å². The molecule has 0 aliphatic heterocycles. The van der Waals surface area contributed by atoms with Crippen LogP contribution in [0.1, 0.15) is 74.6 Å². The Morgan fingerprint density at radius 1 is 0.818 bits per heavy atom. The first-order valence-electron chi connectivity index (χ1n) is 10.3. The van der Waals surface area contributed by atoms with Gasteiger partial charge in [-0.3, -0.25) is 0 Å². The summed E-state index contributed by atoms with van der Waals surface area (Å²) in [5.74, 6) is 0.267. The van der Waals surface area contributed by atoms with E-state index in [1.54, 1.807) is 11.3 Å². The Hall–Kier alpha value is -0.00571. The summed E-state index contributed by atoms with van der Waals surface area (Å²) in [6, 6.07) is 11.9. The summed E-state index contributed by atoms with van der Waals surface area (Å²) in [7, 11) is 9.78. The molecule has 2 aromatic carbocycles. The van der Waals surface area contributed by atoms with Gasteiger partial charge < -0.3 is 10.2 Å². The number of aromatic hydroxyl groups is 2. The number of phenols is 2. The van der Waals surface area contributed by atoms with Gasteiger partial charge in [-0.2, -0.15) is 0 Å². The second-order valence-corrected chi connectivity index (χ2v) is 15.2. The minimum absolute atomic E-state index is 0.224. The fraction of sp³-hybridized carbons (Fsp3) is 0.360. The van der Waals surface area contributed by atoms with Gasteiger partial charge in [0.15, 0.2) is 0 Å². The third-order valence-electron chi connectivity index (χ3n) is 5.27. The molecule has 0 bridgehead atoms. The SMILES string of the molecule is CC(C)(C)c1cc(Br)cc(C(c2cccs2)c2cc(Br)cc(C(C)(C)C)c2O)c1O.[Cl][Ti][Cl]. The summed E-state index contributed by atoms with van der Waals surface area (Å²) >= 11 is 8.36. The van der Waals surface area contributed by atoms with Crippen LogP contribution in [0.2, 0.25) is 0 Å². The molecule has 0 amide bonds. The summed E-state index contributed by atoms with van der Waals surface area (Å²) in [5, 5.41) is 24.7. The van der Waals surface area contributed by atoms with Gasteiger partial charge in [-0.25, -0.2) is 0 Å². The van der Waals surface area contributed by atoms with Crippen LogP contribution in [-0.4, -0.2) is 10.2 Å². The Morgan fingerprint density at radius 2 is 1.21 bits per heavy atom. The van der Waals surface area contributed by atoms with Crippen LogP contribution in [-0.2, 0) is 27.9 Å². The first kappa shape index (κ1) is 29.2. The first-order chi connectivity index (χ1) is 15.2. The van der Waals surface area contributed by atoms with Gasteiger partial charge in [0.25, 0.3) is 0 Å². The summed E-state index contributed by atoms with van der Waals surface area (Å²) < 4.78 is 1.82. The van der Waals surface area contributed by atoms with Gasteiger partial charge in [-0.1, -0.05) is 79.5 Å². The molecule has 2 N–H and O–H groups in total. The summed E-state index contributed by atoms with van der Waals surface area (Å²) in [5.41, 5.74) is 2.87. The van der Waals surface area contributed by atoms with E-state index in [1.165, 1.54) is 0 Å². The van der Waals surface area contributed by atoms with Crippen molar-refractivity contribution in [1.29, 1.82) is 0 Å². The van der Waals surface area contributed by atoms with Crippen molar-refractivity contribution in [2.24, 2.45) is 0 Å². The quantitative estimate of drug-likeness (QED) is 0.273. The topological polar surface area (TPSA) is 40.5 Å². The Labute approximate surface area is 234 Å². The molecule has 8 heteroatoms. The van der Waals surface area contributed by atoms with Gasteiger partial charge in [0, 0.05) is 36.1 Å². The molecule has 0 spiro atoms. The van der Waals surface area contributed by atoms with E-state index < -0.39 is 17.0 Å². The average molecular weight is 671 g/mol. The number of benzene rings is 2. The van der Waals surface area contributed by atoms with Gasteiger partial charge in [0.05, 0.1) is 5.92 Å². The molecule has 0 fully saturated rings. The second kappa shape index (κ2) is 11.8. The monoisotopic (exact) mass is 668 g/mol. The van der Waals surface area contributed by atoms with Crippen molar-refractivity contribution in [3.05, 3.63) is 77.9 Å². The van der Waals surface area contributed by atoms with Crippen molar-refractivity contribution in [2.45, 2.75) is 58.3 Å². The molecule has 33 heavy (non-hydrogen) atoms. The third kappa shape index (κ3) is 7.25. The number of halogens is 4. The summed E-state index contributed by atoms with van der Waals surface area (Å²) in [4.78, 5) is 1.07. The van der Waals surface area contributed by atoms with E-state index in [1.807, 2.05) is 35.7 Å². The van der Waals surface area contributed by atoms with Gasteiger partial charge in [0.1, 0.15) is 11.5 Å².